The van der Waals surface area contributed by atoms with Gasteiger partial charge in [0.2, 0.25) is 0 Å². The monoisotopic (exact) mass is 250 g/mol. The van der Waals surface area contributed by atoms with Gasteiger partial charge in [0.1, 0.15) is 5.78 Å². The number of hydrogen-bond acceptors (Lipinski definition) is 1. The van der Waals surface area contributed by atoms with Gasteiger partial charge in [-0.05, 0) is 63.2 Å². The largest absolute Gasteiger partial charge is 0.299 e. The van der Waals surface area contributed by atoms with Crippen molar-refractivity contribution in [2.75, 3.05) is 0 Å². The SMILES string of the molecule is CCC1CCC(C(=O)C2CCC(CC)CC2)CC1. The first-order chi connectivity index (χ1) is 8.74. The molecule has 0 radical (unpaired) electrons. The van der Waals surface area contributed by atoms with Gasteiger partial charge >= 0.3 is 0 Å². The molecule has 0 N–H and O–H groups in total. The zero-order valence-electron chi connectivity index (χ0n) is 12.3. The van der Waals surface area contributed by atoms with Gasteiger partial charge in [-0.15, -0.1) is 0 Å². The fourth-order valence-electron chi connectivity index (χ4n) is 4.04. The van der Waals surface area contributed by atoms with E-state index in [-0.39, 0.29) is 0 Å². The van der Waals surface area contributed by atoms with Gasteiger partial charge in [0, 0.05) is 11.8 Å². The lowest BCUT2D eigenvalue weighted by Crippen LogP contribution is -2.30. The molecule has 104 valence electrons. The molecule has 2 rings (SSSR count). The molecule has 0 bridgehead atoms. The van der Waals surface area contributed by atoms with Crippen molar-refractivity contribution < 1.29 is 4.79 Å². The van der Waals surface area contributed by atoms with E-state index in [9.17, 15) is 4.79 Å². The van der Waals surface area contributed by atoms with E-state index < -0.39 is 0 Å². The van der Waals surface area contributed by atoms with Gasteiger partial charge in [0.05, 0.1) is 0 Å². The Morgan fingerprint density at radius 2 is 1.06 bits per heavy atom. The topological polar surface area (TPSA) is 17.1 Å². The quantitative estimate of drug-likeness (QED) is 0.687. The second-order valence-corrected chi connectivity index (χ2v) is 6.65. The molecule has 2 saturated carbocycles. The fraction of sp³-hybridized carbons (Fsp3) is 0.941. The lowest BCUT2D eigenvalue weighted by atomic mass is 9.72. The molecule has 0 saturated heterocycles. The number of hydrogen-bond donors (Lipinski definition) is 0. The second kappa shape index (κ2) is 6.73. The van der Waals surface area contributed by atoms with E-state index in [1.807, 2.05) is 0 Å². The summed E-state index contributed by atoms with van der Waals surface area (Å²) in [4.78, 5) is 12.5. The first-order valence-electron chi connectivity index (χ1n) is 8.28. The Labute approximate surface area is 113 Å². The summed E-state index contributed by atoms with van der Waals surface area (Å²) in [6.45, 7) is 4.58. The molecule has 2 aliphatic rings. The fourth-order valence-corrected chi connectivity index (χ4v) is 4.04. The van der Waals surface area contributed by atoms with Gasteiger partial charge in [-0.3, -0.25) is 4.79 Å². The van der Waals surface area contributed by atoms with Crippen molar-refractivity contribution in [3.63, 3.8) is 0 Å². The highest BCUT2D eigenvalue weighted by Crippen LogP contribution is 2.37. The average Bonchev–Trinajstić information content (AvgIpc) is 2.47. The average molecular weight is 250 g/mol. The maximum atomic E-state index is 12.5. The van der Waals surface area contributed by atoms with Gasteiger partial charge in [0.15, 0.2) is 0 Å². The van der Waals surface area contributed by atoms with Crippen LogP contribution in [0.15, 0.2) is 0 Å². The summed E-state index contributed by atoms with van der Waals surface area (Å²) in [7, 11) is 0. The lowest BCUT2D eigenvalue weighted by molar-refractivity contribution is -0.129. The third-order valence-electron chi connectivity index (χ3n) is 5.65. The van der Waals surface area contributed by atoms with E-state index in [0.717, 1.165) is 11.8 Å². The van der Waals surface area contributed by atoms with Crippen LogP contribution in [0.5, 0.6) is 0 Å². The number of Topliss-reactive ketones (excluding diaryl/α,β-unsaturated/α-hetero) is 1. The minimum absolute atomic E-state index is 0.427. The normalized spacial score (nSPS) is 37.4. The van der Waals surface area contributed by atoms with Crippen molar-refractivity contribution in [3.8, 4) is 0 Å². The molecule has 0 amide bonds. The Morgan fingerprint density at radius 3 is 1.33 bits per heavy atom. The van der Waals surface area contributed by atoms with E-state index in [0.29, 0.717) is 17.6 Å². The van der Waals surface area contributed by atoms with Crippen LogP contribution < -0.4 is 0 Å². The highest BCUT2D eigenvalue weighted by Gasteiger charge is 2.32. The Hall–Kier alpha value is -0.330. The standard InChI is InChI=1S/C17H30O/c1-3-13-5-9-15(10-6-13)17(18)16-11-7-14(4-2)8-12-16/h13-16H,3-12H2,1-2H3. The van der Waals surface area contributed by atoms with Crippen LogP contribution in [0.2, 0.25) is 0 Å². The number of carbonyl (C=O) groups excluding carboxylic acids is 1. The predicted molar refractivity (Wildman–Crippen MR) is 76.5 cm³/mol. The van der Waals surface area contributed by atoms with Gasteiger partial charge in [-0.25, -0.2) is 0 Å². The zero-order valence-corrected chi connectivity index (χ0v) is 12.3. The third-order valence-corrected chi connectivity index (χ3v) is 5.65. The predicted octanol–water partition coefficient (Wildman–Crippen LogP) is 4.99. The minimum atomic E-state index is 0.427. The molecule has 0 spiro atoms. The van der Waals surface area contributed by atoms with Crippen molar-refractivity contribution in [2.24, 2.45) is 23.7 Å². The molecule has 18 heavy (non-hydrogen) atoms. The van der Waals surface area contributed by atoms with Crippen molar-refractivity contribution in [3.05, 3.63) is 0 Å². The smallest absolute Gasteiger partial charge is 0.139 e. The molecule has 0 aromatic carbocycles. The molecule has 2 fully saturated rings. The molecule has 1 nitrogen and oxygen atoms in total. The van der Waals surface area contributed by atoms with E-state index in [2.05, 4.69) is 13.8 Å². The van der Waals surface area contributed by atoms with Gasteiger partial charge < -0.3 is 0 Å². The Morgan fingerprint density at radius 1 is 0.722 bits per heavy atom. The van der Waals surface area contributed by atoms with Crippen LogP contribution in [0.3, 0.4) is 0 Å². The summed E-state index contributed by atoms with van der Waals surface area (Å²) in [5.41, 5.74) is 0. The Bertz CT molecular complexity index is 229. The van der Waals surface area contributed by atoms with Crippen molar-refractivity contribution in [1.29, 1.82) is 0 Å². The molecule has 0 unspecified atom stereocenters. The summed E-state index contributed by atoms with van der Waals surface area (Å²) < 4.78 is 0. The summed E-state index contributed by atoms with van der Waals surface area (Å²) in [6, 6.07) is 0. The van der Waals surface area contributed by atoms with E-state index in [1.54, 1.807) is 0 Å². The molecule has 1 heteroatoms. The highest BCUT2D eigenvalue weighted by atomic mass is 16.1. The van der Waals surface area contributed by atoms with Crippen LogP contribution in [0.1, 0.15) is 78.1 Å². The maximum absolute atomic E-state index is 12.5. The van der Waals surface area contributed by atoms with Gasteiger partial charge in [-0.2, -0.15) is 0 Å². The van der Waals surface area contributed by atoms with Crippen LogP contribution in [0.4, 0.5) is 0 Å². The Balaban J connectivity index is 1.78. The summed E-state index contributed by atoms with van der Waals surface area (Å²) in [5.74, 6) is 3.31. The van der Waals surface area contributed by atoms with E-state index in [4.69, 9.17) is 0 Å². The number of ketones is 1. The molecule has 2 aliphatic carbocycles. The molecule has 0 heterocycles. The highest BCUT2D eigenvalue weighted by molar-refractivity contribution is 5.83. The molecule has 0 aromatic rings. The lowest BCUT2D eigenvalue weighted by Gasteiger charge is -2.32. The summed E-state index contributed by atoms with van der Waals surface area (Å²) >= 11 is 0. The van der Waals surface area contributed by atoms with Crippen molar-refractivity contribution in [2.45, 2.75) is 78.1 Å². The molecular formula is C17H30O. The number of rotatable bonds is 4. The number of carbonyl (C=O) groups is 1. The molecule has 0 aromatic heterocycles. The molecule has 0 atom stereocenters. The van der Waals surface area contributed by atoms with Gasteiger partial charge in [0.25, 0.3) is 0 Å². The van der Waals surface area contributed by atoms with Gasteiger partial charge in [-0.1, -0.05) is 26.7 Å². The summed E-state index contributed by atoms with van der Waals surface area (Å²) in [6.07, 6.45) is 12.6. The zero-order chi connectivity index (χ0) is 13.0. The van der Waals surface area contributed by atoms with Crippen LogP contribution in [-0.2, 0) is 4.79 Å². The van der Waals surface area contributed by atoms with Crippen molar-refractivity contribution >= 4 is 5.78 Å². The van der Waals surface area contributed by atoms with E-state index >= 15 is 0 Å². The minimum Gasteiger partial charge on any atom is -0.299 e. The molecular weight excluding hydrogens is 220 g/mol. The second-order valence-electron chi connectivity index (χ2n) is 6.65. The summed E-state index contributed by atoms with van der Waals surface area (Å²) in [5, 5.41) is 0. The van der Waals surface area contributed by atoms with Crippen LogP contribution in [-0.4, -0.2) is 5.78 Å². The van der Waals surface area contributed by atoms with E-state index in [1.165, 1.54) is 64.2 Å². The Kier molecular flexibility index (Phi) is 5.26. The van der Waals surface area contributed by atoms with Crippen molar-refractivity contribution in [1.82, 2.24) is 0 Å². The maximum Gasteiger partial charge on any atom is 0.139 e. The van der Waals surface area contributed by atoms with Crippen LogP contribution in [0.25, 0.3) is 0 Å². The van der Waals surface area contributed by atoms with Crippen LogP contribution in [0, 0.1) is 23.7 Å². The first-order valence-corrected chi connectivity index (χ1v) is 8.28. The third kappa shape index (κ3) is 3.36. The van der Waals surface area contributed by atoms with Crippen LogP contribution >= 0.6 is 0 Å². The first kappa shape index (κ1) is 14.1. The molecule has 0 aliphatic heterocycles.